The SMILES string of the molecule is COc1ccc2c(c1)OC(c1cncs1)CC2O. The maximum Gasteiger partial charge on any atom is 0.137 e. The molecule has 3 rings (SSSR count). The highest BCUT2D eigenvalue weighted by atomic mass is 32.1. The van der Waals surface area contributed by atoms with E-state index in [9.17, 15) is 5.11 Å². The van der Waals surface area contributed by atoms with Crippen molar-refractivity contribution in [3.05, 3.63) is 40.3 Å². The summed E-state index contributed by atoms with van der Waals surface area (Å²) in [6.45, 7) is 0. The minimum atomic E-state index is -0.508. The number of nitrogens with zero attached hydrogens (tertiary/aromatic N) is 1. The monoisotopic (exact) mass is 263 g/mol. The van der Waals surface area contributed by atoms with Crippen LogP contribution in [0.3, 0.4) is 0 Å². The smallest absolute Gasteiger partial charge is 0.137 e. The molecule has 1 N–H and O–H groups in total. The summed E-state index contributed by atoms with van der Waals surface area (Å²) in [7, 11) is 1.61. The van der Waals surface area contributed by atoms with Gasteiger partial charge in [-0.15, -0.1) is 11.3 Å². The van der Waals surface area contributed by atoms with E-state index in [1.54, 1.807) is 18.8 Å². The summed E-state index contributed by atoms with van der Waals surface area (Å²) < 4.78 is 11.1. The van der Waals surface area contributed by atoms with Gasteiger partial charge in [-0.25, -0.2) is 0 Å². The second-order valence-electron chi connectivity index (χ2n) is 4.17. The molecule has 0 saturated carbocycles. The van der Waals surface area contributed by atoms with Crippen LogP contribution in [0.1, 0.15) is 29.1 Å². The van der Waals surface area contributed by atoms with Gasteiger partial charge in [-0.1, -0.05) is 0 Å². The van der Waals surface area contributed by atoms with Crippen LogP contribution in [-0.2, 0) is 0 Å². The molecule has 1 aliphatic heterocycles. The van der Waals surface area contributed by atoms with Crippen molar-refractivity contribution in [2.75, 3.05) is 7.11 Å². The van der Waals surface area contributed by atoms with Crippen molar-refractivity contribution in [2.24, 2.45) is 0 Å². The van der Waals surface area contributed by atoms with Crippen molar-refractivity contribution in [1.82, 2.24) is 4.98 Å². The molecule has 2 unspecified atom stereocenters. The van der Waals surface area contributed by atoms with Gasteiger partial charge in [0.05, 0.1) is 23.6 Å². The Kier molecular flexibility index (Phi) is 2.93. The predicted molar refractivity (Wildman–Crippen MR) is 68.1 cm³/mol. The maximum atomic E-state index is 10.2. The lowest BCUT2D eigenvalue weighted by Crippen LogP contribution is -2.18. The van der Waals surface area contributed by atoms with Crippen LogP contribution < -0.4 is 9.47 Å². The first kappa shape index (κ1) is 11.5. The van der Waals surface area contributed by atoms with Gasteiger partial charge in [-0.3, -0.25) is 4.98 Å². The molecule has 0 radical (unpaired) electrons. The molecule has 2 aromatic rings. The lowest BCUT2D eigenvalue weighted by Gasteiger charge is -2.29. The average molecular weight is 263 g/mol. The molecule has 18 heavy (non-hydrogen) atoms. The number of aliphatic hydroxyl groups excluding tert-OH is 1. The topological polar surface area (TPSA) is 51.6 Å². The Hall–Kier alpha value is -1.59. The molecule has 1 aromatic heterocycles. The molecule has 0 aliphatic carbocycles. The van der Waals surface area contributed by atoms with Gasteiger partial charge in [-0.05, 0) is 12.1 Å². The molecule has 1 aliphatic rings. The molecule has 4 nitrogen and oxygen atoms in total. The third kappa shape index (κ3) is 1.95. The van der Waals surface area contributed by atoms with Crippen LogP contribution >= 0.6 is 11.3 Å². The van der Waals surface area contributed by atoms with E-state index < -0.39 is 6.10 Å². The standard InChI is InChI=1S/C13H13NO3S/c1-16-8-2-3-9-10(15)5-12(17-11(9)4-8)13-6-14-7-18-13/h2-4,6-7,10,12,15H,5H2,1H3. The number of aromatic nitrogens is 1. The molecule has 0 saturated heterocycles. The molecular formula is C13H13NO3S. The molecule has 2 atom stereocenters. The van der Waals surface area contributed by atoms with Gasteiger partial charge in [0.2, 0.25) is 0 Å². The van der Waals surface area contributed by atoms with E-state index >= 15 is 0 Å². The van der Waals surface area contributed by atoms with Crippen LogP contribution in [-0.4, -0.2) is 17.2 Å². The number of aliphatic hydroxyl groups is 1. The van der Waals surface area contributed by atoms with Gasteiger partial charge in [-0.2, -0.15) is 0 Å². The van der Waals surface area contributed by atoms with Crippen LogP contribution in [0, 0.1) is 0 Å². The average Bonchev–Trinajstić information content (AvgIpc) is 2.91. The normalized spacial score (nSPS) is 22.1. The quantitative estimate of drug-likeness (QED) is 0.905. The van der Waals surface area contributed by atoms with Crippen LogP contribution in [0.4, 0.5) is 0 Å². The first-order chi connectivity index (χ1) is 8.78. The minimum Gasteiger partial charge on any atom is -0.497 e. The summed E-state index contributed by atoms with van der Waals surface area (Å²) in [4.78, 5) is 5.07. The van der Waals surface area contributed by atoms with Crippen LogP contribution in [0.2, 0.25) is 0 Å². The zero-order valence-electron chi connectivity index (χ0n) is 9.87. The van der Waals surface area contributed by atoms with Gasteiger partial charge >= 0.3 is 0 Å². The number of ether oxygens (including phenoxy) is 2. The molecule has 0 bridgehead atoms. The van der Waals surface area contributed by atoms with Gasteiger partial charge in [0.1, 0.15) is 17.6 Å². The Morgan fingerprint density at radius 3 is 3.11 bits per heavy atom. The molecule has 1 aromatic carbocycles. The molecular weight excluding hydrogens is 250 g/mol. The molecule has 0 fully saturated rings. The Morgan fingerprint density at radius 1 is 1.50 bits per heavy atom. The van der Waals surface area contributed by atoms with Crippen LogP contribution in [0.5, 0.6) is 11.5 Å². The zero-order chi connectivity index (χ0) is 12.5. The summed E-state index contributed by atoms with van der Waals surface area (Å²) in [6, 6.07) is 5.49. The number of thiazole rings is 1. The summed E-state index contributed by atoms with van der Waals surface area (Å²) in [5.41, 5.74) is 2.59. The van der Waals surface area contributed by atoms with Crippen molar-refractivity contribution < 1.29 is 14.6 Å². The van der Waals surface area contributed by atoms with E-state index in [1.807, 2.05) is 18.2 Å². The second kappa shape index (κ2) is 4.59. The van der Waals surface area contributed by atoms with Crippen molar-refractivity contribution >= 4 is 11.3 Å². The van der Waals surface area contributed by atoms with Crippen LogP contribution in [0.25, 0.3) is 0 Å². The Balaban J connectivity index is 1.95. The van der Waals surface area contributed by atoms with Crippen molar-refractivity contribution in [3.8, 4) is 11.5 Å². The first-order valence-electron chi connectivity index (χ1n) is 5.69. The number of hydrogen-bond acceptors (Lipinski definition) is 5. The highest BCUT2D eigenvalue weighted by Crippen LogP contribution is 2.42. The number of rotatable bonds is 2. The summed E-state index contributed by atoms with van der Waals surface area (Å²) in [5, 5.41) is 10.2. The van der Waals surface area contributed by atoms with Crippen molar-refractivity contribution in [2.45, 2.75) is 18.6 Å². The first-order valence-corrected chi connectivity index (χ1v) is 6.57. The molecule has 5 heteroatoms. The van der Waals surface area contributed by atoms with E-state index in [0.29, 0.717) is 12.2 Å². The number of benzene rings is 1. The van der Waals surface area contributed by atoms with Crippen molar-refractivity contribution in [1.29, 1.82) is 0 Å². The lowest BCUT2D eigenvalue weighted by atomic mass is 9.98. The number of methoxy groups -OCH3 is 1. The largest absolute Gasteiger partial charge is 0.497 e. The van der Waals surface area contributed by atoms with Gasteiger partial charge in [0.25, 0.3) is 0 Å². The fourth-order valence-electron chi connectivity index (χ4n) is 2.11. The maximum absolute atomic E-state index is 10.2. The third-order valence-corrected chi connectivity index (χ3v) is 3.92. The van der Waals surface area contributed by atoms with E-state index in [4.69, 9.17) is 9.47 Å². The van der Waals surface area contributed by atoms with Crippen molar-refractivity contribution in [3.63, 3.8) is 0 Å². The zero-order valence-corrected chi connectivity index (χ0v) is 10.7. The Morgan fingerprint density at radius 2 is 2.39 bits per heavy atom. The lowest BCUT2D eigenvalue weighted by molar-refractivity contribution is 0.0671. The summed E-state index contributed by atoms with van der Waals surface area (Å²) >= 11 is 1.54. The van der Waals surface area contributed by atoms with E-state index in [1.165, 1.54) is 11.3 Å². The fraction of sp³-hybridized carbons (Fsp3) is 0.308. The highest BCUT2D eigenvalue weighted by Gasteiger charge is 2.29. The summed E-state index contributed by atoms with van der Waals surface area (Å²) in [6.07, 6.45) is 1.70. The van der Waals surface area contributed by atoms with E-state index in [0.717, 1.165) is 16.2 Å². The van der Waals surface area contributed by atoms with Gasteiger partial charge in [0, 0.05) is 24.2 Å². The molecule has 0 spiro atoms. The third-order valence-electron chi connectivity index (χ3n) is 3.06. The Labute approximate surface area is 109 Å². The van der Waals surface area contributed by atoms with Crippen LogP contribution in [0.15, 0.2) is 29.9 Å². The molecule has 2 heterocycles. The minimum absolute atomic E-state index is 0.132. The highest BCUT2D eigenvalue weighted by molar-refractivity contribution is 7.09. The number of hydrogen-bond donors (Lipinski definition) is 1. The summed E-state index contributed by atoms with van der Waals surface area (Å²) in [5.74, 6) is 1.41. The van der Waals surface area contributed by atoms with Gasteiger partial charge in [0.15, 0.2) is 0 Å². The molecule has 0 amide bonds. The van der Waals surface area contributed by atoms with E-state index in [-0.39, 0.29) is 6.10 Å². The predicted octanol–water partition coefficient (Wildman–Crippen LogP) is 2.71. The fourth-order valence-corrected chi connectivity index (χ4v) is 2.77. The Bertz CT molecular complexity index is 541. The van der Waals surface area contributed by atoms with E-state index in [2.05, 4.69) is 4.98 Å². The van der Waals surface area contributed by atoms with Gasteiger partial charge < -0.3 is 14.6 Å². The second-order valence-corrected chi connectivity index (χ2v) is 5.08. The number of fused-ring (bicyclic) bond motifs is 1. The molecule has 94 valence electrons.